The van der Waals surface area contributed by atoms with Crippen LogP contribution in [0, 0.1) is 5.92 Å². The number of hydrogen-bond acceptors (Lipinski definition) is 9. The molecule has 2 saturated heterocycles. The van der Waals surface area contributed by atoms with E-state index in [2.05, 4.69) is 5.32 Å². The zero-order chi connectivity index (χ0) is 24.3. The van der Waals surface area contributed by atoms with E-state index in [1.165, 1.54) is 17.0 Å². The molecule has 33 heavy (non-hydrogen) atoms. The van der Waals surface area contributed by atoms with Gasteiger partial charge in [-0.15, -0.1) is 0 Å². The van der Waals surface area contributed by atoms with Crippen LogP contribution in [0.4, 0.5) is 0 Å². The number of carbonyl (C=O) groups is 2. The molecule has 2 amide bonds. The largest absolute Gasteiger partial charge is 0.507 e. The molecule has 6 N–H and O–H groups in total. The van der Waals surface area contributed by atoms with Gasteiger partial charge < -0.3 is 45.2 Å². The Labute approximate surface area is 192 Å². The molecule has 0 aliphatic carbocycles. The lowest BCUT2D eigenvalue weighted by Crippen LogP contribution is -2.56. The van der Waals surface area contributed by atoms with E-state index >= 15 is 0 Å². The van der Waals surface area contributed by atoms with Gasteiger partial charge in [0.25, 0.3) is 0 Å². The molecule has 2 aliphatic heterocycles. The van der Waals surface area contributed by atoms with Gasteiger partial charge in [0.2, 0.25) is 11.8 Å². The lowest BCUT2D eigenvalue weighted by Gasteiger charge is -2.40. The Bertz CT molecular complexity index is 860. The maximum atomic E-state index is 12.6. The molecule has 2 heterocycles. The second kappa shape index (κ2) is 10.7. The molecule has 3 rings (SSSR count). The number of phenols is 1. The van der Waals surface area contributed by atoms with Crippen molar-refractivity contribution in [1.29, 1.82) is 0 Å². The number of nitrogens with zero attached hydrogens (tertiary/aromatic N) is 2. The van der Waals surface area contributed by atoms with Crippen LogP contribution in [0.25, 0.3) is 0 Å². The van der Waals surface area contributed by atoms with Gasteiger partial charge in [-0.05, 0) is 43.3 Å². The number of phenolic OH excluding ortho intramolecular Hbond substituents is 1. The lowest BCUT2D eigenvalue weighted by atomic mass is 9.82. The average molecular weight is 465 g/mol. The number of benzene rings is 1. The molecule has 2 fully saturated rings. The minimum absolute atomic E-state index is 0.00560. The van der Waals surface area contributed by atoms with Crippen molar-refractivity contribution in [2.75, 3.05) is 33.7 Å². The Morgan fingerprint density at radius 3 is 2.58 bits per heavy atom. The van der Waals surface area contributed by atoms with Crippen molar-refractivity contribution in [1.82, 2.24) is 15.1 Å². The molecule has 182 valence electrons. The van der Waals surface area contributed by atoms with E-state index in [1.54, 1.807) is 19.0 Å². The molecular weight excluding hydrogens is 433 g/mol. The van der Waals surface area contributed by atoms with Gasteiger partial charge in [-0.1, -0.05) is 6.07 Å². The molecule has 0 spiro atoms. The first-order valence-corrected chi connectivity index (χ1v) is 11.0. The summed E-state index contributed by atoms with van der Waals surface area (Å²) in [6.07, 6.45) is -1.27. The normalized spacial score (nSPS) is 20.6. The smallest absolute Gasteiger partial charge is 0.451 e. The molecule has 11 nitrogen and oxygen atoms in total. The number of likely N-dealkylation sites (N-methyl/N-ethyl adjacent to an activating group) is 1. The highest BCUT2D eigenvalue weighted by Gasteiger charge is 2.37. The van der Waals surface area contributed by atoms with Crippen molar-refractivity contribution in [2.24, 2.45) is 5.92 Å². The topological polar surface area (TPSA) is 163 Å². The van der Waals surface area contributed by atoms with Crippen molar-refractivity contribution in [2.45, 2.75) is 44.0 Å². The average Bonchev–Trinajstić information content (AvgIpc) is 3.16. The zero-order valence-corrected chi connectivity index (χ0v) is 18.8. The number of carbonyl (C=O) groups excluding carboxylic acids is 2. The molecule has 0 radical (unpaired) electrons. The number of aryl methyl sites for hydroxylation is 1. The number of nitrogens with one attached hydrogen (secondary N) is 1. The zero-order valence-electron chi connectivity index (χ0n) is 18.8. The van der Waals surface area contributed by atoms with Gasteiger partial charge in [0.1, 0.15) is 17.6 Å². The minimum atomic E-state index is -1.98. The van der Waals surface area contributed by atoms with Crippen LogP contribution < -0.4 is 10.1 Å². The lowest BCUT2D eigenvalue weighted by molar-refractivity contribution is -0.141. The highest BCUT2D eigenvalue weighted by Crippen LogP contribution is 2.37. The van der Waals surface area contributed by atoms with Crippen molar-refractivity contribution in [3.8, 4) is 11.5 Å². The highest BCUT2D eigenvalue weighted by atomic mass is 16.5. The van der Waals surface area contributed by atoms with Gasteiger partial charge >= 0.3 is 7.12 Å². The van der Waals surface area contributed by atoms with Crippen molar-refractivity contribution < 1.29 is 39.7 Å². The SMILES string of the molecule is CN(C)C(=O)C1C[C@@H](CC(=O)N2CC(Oc3ccc(CCB(O)O)c(O)c3C(O)O)C2)CN1. The summed E-state index contributed by atoms with van der Waals surface area (Å²) in [6, 6.07) is 2.76. The van der Waals surface area contributed by atoms with E-state index in [4.69, 9.17) is 14.8 Å². The van der Waals surface area contributed by atoms with Gasteiger partial charge in [0, 0.05) is 20.5 Å². The second-order valence-electron chi connectivity index (χ2n) is 8.92. The van der Waals surface area contributed by atoms with Gasteiger partial charge in [0.15, 0.2) is 6.29 Å². The third-order valence-corrected chi connectivity index (χ3v) is 6.11. The summed E-state index contributed by atoms with van der Waals surface area (Å²) in [7, 11) is 1.87. The summed E-state index contributed by atoms with van der Waals surface area (Å²) in [4.78, 5) is 27.8. The standard InChI is InChI=1S/C21H32BN3O8/c1-24(2)20(28)15-7-12(9-23-15)8-17(26)25-10-14(11-25)33-16-4-3-13(5-6-22(31)32)19(27)18(16)21(29)30/h3-4,12,14-15,21,23,27,29-32H,5-11H2,1-2H3/t12-,15?/m0/s1. The first-order chi connectivity index (χ1) is 15.6. The fourth-order valence-electron chi connectivity index (χ4n) is 4.21. The van der Waals surface area contributed by atoms with Crippen LogP contribution in [-0.4, -0.2) is 100.0 Å². The van der Waals surface area contributed by atoms with E-state index in [0.29, 0.717) is 38.0 Å². The van der Waals surface area contributed by atoms with Crippen LogP contribution in [-0.2, 0) is 16.0 Å². The van der Waals surface area contributed by atoms with E-state index in [9.17, 15) is 24.9 Å². The predicted octanol–water partition coefficient (Wildman–Crippen LogP) is -1.56. The van der Waals surface area contributed by atoms with Crippen LogP contribution in [0.1, 0.15) is 30.3 Å². The summed E-state index contributed by atoms with van der Waals surface area (Å²) >= 11 is 0. The maximum Gasteiger partial charge on any atom is 0.451 e. The molecule has 1 aromatic rings. The quantitative estimate of drug-likeness (QED) is 0.187. The van der Waals surface area contributed by atoms with Crippen molar-refractivity contribution in [3.63, 3.8) is 0 Å². The minimum Gasteiger partial charge on any atom is -0.507 e. The Hall–Kier alpha value is -2.38. The number of rotatable bonds is 9. The van der Waals surface area contributed by atoms with Gasteiger partial charge in [-0.2, -0.15) is 0 Å². The monoisotopic (exact) mass is 465 g/mol. The van der Waals surface area contributed by atoms with Crippen molar-refractivity contribution in [3.05, 3.63) is 23.3 Å². The summed E-state index contributed by atoms with van der Waals surface area (Å²) in [6.45, 7) is 1.28. The second-order valence-corrected chi connectivity index (χ2v) is 8.92. The third-order valence-electron chi connectivity index (χ3n) is 6.11. The Balaban J connectivity index is 1.52. The molecule has 0 saturated carbocycles. The molecule has 1 unspecified atom stereocenters. The fourth-order valence-corrected chi connectivity index (χ4v) is 4.21. The van der Waals surface area contributed by atoms with Gasteiger partial charge in [0.05, 0.1) is 24.7 Å². The third kappa shape index (κ3) is 6.15. The van der Waals surface area contributed by atoms with E-state index in [-0.39, 0.29) is 59.7 Å². The summed E-state index contributed by atoms with van der Waals surface area (Å²) in [5, 5.41) is 51.0. The summed E-state index contributed by atoms with van der Waals surface area (Å²) < 4.78 is 5.79. The molecule has 0 aromatic heterocycles. The first kappa shape index (κ1) is 25.3. The molecule has 1 aromatic carbocycles. The van der Waals surface area contributed by atoms with E-state index < -0.39 is 13.4 Å². The molecule has 2 atom stereocenters. The number of ether oxygens (including phenoxy) is 1. The number of likely N-dealkylation sites (tertiary alicyclic amines) is 1. The van der Waals surface area contributed by atoms with Crippen LogP contribution in [0.2, 0.25) is 6.32 Å². The highest BCUT2D eigenvalue weighted by molar-refractivity contribution is 6.41. The van der Waals surface area contributed by atoms with Crippen LogP contribution >= 0.6 is 0 Å². The van der Waals surface area contributed by atoms with Crippen LogP contribution in [0.5, 0.6) is 11.5 Å². The van der Waals surface area contributed by atoms with E-state index in [1.807, 2.05) is 0 Å². The van der Waals surface area contributed by atoms with Gasteiger partial charge in [-0.25, -0.2) is 0 Å². The van der Waals surface area contributed by atoms with E-state index in [0.717, 1.165) is 0 Å². The molecule has 2 aliphatic rings. The molecular formula is C21H32BN3O8. The number of aromatic hydroxyl groups is 1. The predicted molar refractivity (Wildman–Crippen MR) is 118 cm³/mol. The maximum absolute atomic E-state index is 12.6. The van der Waals surface area contributed by atoms with Gasteiger partial charge in [-0.3, -0.25) is 9.59 Å². The number of aliphatic hydroxyl groups excluding tert-OH is 1. The Morgan fingerprint density at radius 1 is 1.27 bits per heavy atom. The first-order valence-electron chi connectivity index (χ1n) is 11.0. The Morgan fingerprint density at radius 2 is 1.97 bits per heavy atom. The van der Waals surface area contributed by atoms with Crippen molar-refractivity contribution >= 4 is 18.9 Å². The summed E-state index contributed by atoms with van der Waals surface area (Å²) in [5.41, 5.74) is 0.138. The number of hydrogen-bond donors (Lipinski definition) is 6. The Kier molecular flexibility index (Phi) is 8.19. The van der Waals surface area contributed by atoms with Crippen LogP contribution in [0.3, 0.4) is 0 Å². The fraction of sp³-hybridized carbons (Fsp3) is 0.619. The molecule has 0 bridgehead atoms. The summed E-state index contributed by atoms with van der Waals surface area (Å²) in [5.74, 6) is -0.206. The number of aliphatic hydroxyl groups is 2. The van der Waals surface area contributed by atoms with Crippen LogP contribution in [0.15, 0.2) is 12.1 Å². The number of amides is 2. The molecule has 12 heteroatoms.